The number of urea groups is 1. The van der Waals surface area contributed by atoms with Crippen LogP contribution in [0.25, 0.3) is 0 Å². The number of nitrogens with one attached hydrogen (secondary N) is 1. The van der Waals surface area contributed by atoms with Gasteiger partial charge in [0.25, 0.3) is 0 Å². The average molecular weight is 236 g/mol. The number of likely N-dealkylation sites (tertiary alicyclic amines) is 1. The number of nitrogens with zero attached hydrogens (tertiary/aromatic N) is 1. The minimum atomic E-state index is 0.0495. The van der Waals surface area contributed by atoms with E-state index in [2.05, 4.69) is 12.2 Å². The molecule has 1 aliphatic rings. The number of rotatable bonds is 3. The fraction of sp³-hybridized carbons (Fsp3) is 0.615. The van der Waals surface area contributed by atoms with Crippen LogP contribution in [0.1, 0.15) is 38.4 Å². The van der Waals surface area contributed by atoms with Gasteiger partial charge in [-0.25, -0.2) is 4.79 Å². The normalized spacial score (nSPS) is 21.5. The summed E-state index contributed by atoms with van der Waals surface area (Å²) in [5.41, 5.74) is 0. The molecule has 94 valence electrons. The van der Waals surface area contributed by atoms with Gasteiger partial charge in [0.15, 0.2) is 0 Å². The van der Waals surface area contributed by atoms with Crippen LogP contribution >= 0.6 is 0 Å². The summed E-state index contributed by atoms with van der Waals surface area (Å²) < 4.78 is 5.39. The van der Waals surface area contributed by atoms with Crippen molar-refractivity contribution in [3.63, 3.8) is 0 Å². The van der Waals surface area contributed by atoms with Crippen molar-refractivity contribution >= 4 is 6.03 Å². The van der Waals surface area contributed by atoms with Gasteiger partial charge in [-0.2, -0.15) is 0 Å². The van der Waals surface area contributed by atoms with Gasteiger partial charge in [-0.05, 0) is 31.9 Å². The van der Waals surface area contributed by atoms with Crippen molar-refractivity contribution in [2.45, 2.75) is 38.6 Å². The maximum absolute atomic E-state index is 11.9. The van der Waals surface area contributed by atoms with Gasteiger partial charge in [-0.3, -0.25) is 0 Å². The van der Waals surface area contributed by atoms with Crippen molar-refractivity contribution < 1.29 is 9.21 Å². The van der Waals surface area contributed by atoms with Crippen LogP contribution in [0.2, 0.25) is 0 Å². The molecule has 0 radical (unpaired) electrons. The minimum absolute atomic E-state index is 0.0495. The third-order valence-corrected chi connectivity index (χ3v) is 3.40. The summed E-state index contributed by atoms with van der Waals surface area (Å²) in [6.45, 7) is 5.67. The van der Waals surface area contributed by atoms with Crippen LogP contribution in [0.4, 0.5) is 4.79 Å². The molecule has 17 heavy (non-hydrogen) atoms. The van der Waals surface area contributed by atoms with E-state index < -0.39 is 0 Å². The molecule has 0 bridgehead atoms. The van der Waals surface area contributed by atoms with Crippen molar-refractivity contribution in [3.8, 4) is 0 Å². The van der Waals surface area contributed by atoms with E-state index in [1.54, 1.807) is 6.26 Å². The van der Waals surface area contributed by atoms with Crippen molar-refractivity contribution in [1.82, 2.24) is 10.2 Å². The highest BCUT2D eigenvalue weighted by atomic mass is 16.3. The molecule has 0 aromatic carbocycles. The summed E-state index contributed by atoms with van der Waals surface area (Å²) in [6, 6.07) is 4.18. The standard InChI is InChI=1S/C13H20N2O2/c1-3-10(2)14-13(16)15-7-6-11(9-15)12-5-4-8-17-12/h4-5,8,10-11H,3,6-7,9H2,1-2H3,(H,14,16). The zero-order valence-electron chi connectivity index (χ0n) is 10.5. The molecule has 1 fully saturated rings. The summed E-state index contributed by atoms with van der Waals surface area (Å²) >= 11 is 0. The first-order chi connectivity index (χ1) is 8.20. The molecule has 1 aliphatic heterocycles. The topological polar surface area (TPSA) is 45.5 Å². The maximum Gasteiger partial charge on any atom is 0.317 e. The largest absolute Gasteiger partial charge is 0.469 e. The SMILES string of the molecule is CCC(C)NC(=O)N1CCC(c2ccco2)C1. The van der Waals surface area contributed by atoms with Gasteiger partial charge in [-0.1, -0.05) is 6.92 Å². The van der Waals surface area contributed by atoms with Crippen molar-refractivity contribution in [1.29, 1.82) is 0 Å². The van der Waals surface area contributed by atoms with E-state index in [4.69, 9.17) is 4.42 Å². The Hall–Kier alpha value is -1.45. The number of carbonyl (C=O) groups is 1. The number of hydrogen-bond acceptors (Lipinski definition) is 2. The lowest BCUT2D eigenvalue weighted by Gasteiger charge is -2.20. The number of furan rings is 1. The second-order valence-corrected chi connectivity index (χ2v) is 4.71. The molecule has 0 aliphatic carbocycles. The van der Waals surface area contributed by atoms with Crippen LogP contribution in [-0.2, 0) is 0 Å². The highest BCUT2D eigenvalue weighted by molar-refractivity contribution is 5.74. The highest BCUT2D eigenvalue weighted by Crippen LogP contribution is 2.27. The Morgan fingerprint density at radius 1 is 1.71 bits per heavy atom. The second-order valence-electron chi connectivity index (χ2n) is 4.71. The molecule has 1 saturated heterocycles. The van der Waals surface area contributed by atoms with Crippen LogP contribution in [0.15, 0.2) is 22.8 Å². The summed E-state index contributed by atoms with van der Waals surface area (Å²) in [4.78, 5) is 13.8. The molecule has 2 rings (SSSR count). The van der Waals surface area contributed by atoms with Crippen LogP contribution in [-0.4, -0.2) is 30.1 Å². The van der Waals surface area contributed by atoms with E-state index in [-0.39, 0.29) is 12.1 Å². The molecule has 1 N–H and O–H groups in total. The molecular formula is C13H20N2O2. The van der Waals surface area contributed by atoms with E-state index in [1.165, 1.54) is 0 Å². The van der Waals surface area contributed by atoms with Crippen molar-refractivity contribution in [3.05, 3.63) is 24.2 Å². The second kappa shape index (κ2) is 5.25. The fourth-order valence-electron chi connectivity index (χ4n) is 2.10. The summed E-state index contributed by atoms with van der Waals surface area (Å²) in [5.74, 6) is 1.34. The van der Waals surface area contributed by atoms with Crippen molar-refractivity contribution in [2.24, 2.45) is 0 Å². The summed E-state index contributed by atoms with van der Waals surface area (Å²) in [5, 5.41) is 2.99. The molecule has 2 atom stereocenters. The molecule has 4 heteroatoms. The average Bonchev–Trinajstić information content (AvgIpc) is 2.98. The van der Waals surface area contributed by atoms with E-state index in [0.29, 0.717) is 5.92 Å². The number of amides is 2. The van der Waals surface area contributed by atoms with Crippen LogP contribution < -0.4 is 5.32 Å². The first-order valence-electron chi connectivity index (χ1n) is 6.29. The first kappa shape index (κ1) is 12.0. The first-order valence-corrected chi connectivity index (χ1v) is 6.29. The quantitative estimate of drug-likeness (QED) is 0.876. The maximum atomic E-state index is 11.9. The third kappa shape index (κ3) is 2.81. The van der Waals surface area contributed by atoms with Crippen LogP contribution in [0.5, 0.6) is 0 Å². The lowest BCUT2D eigenvalue weighted by atomic mass is 10.1. The predicted molar refractivity (Wildman–Crippen MR) is 65.9 cm³/mol. The molecule has 0 spiro atoms. The summed E-state index contributed by atoms with van der Waals surface area (Å²) in [7, 11) is 0. The van der Waals surface area contributed by atoms with E-state index in [9.17, 15) is 4.79 Å². The molecule has 1 aromatic rings. The van der Waals surface area contributed by atoms with E-state index in [1.807, 2.05) is 24.0 Å². The van der Waals surface area contributed by atoms with E-state index >= 15 is 0 Å². The Kier molecular flexibility index (Phi) is 3.71. The van der Waals surface area contributed by atoms with Gasteiger partial charge >= 0.3 is 6.03 Å². The monoisotopic (exact) mass is 236 g/mol. The van der Waals surface area contributed by atoms with Crippen LogP contribution in [0, 0.1) is 0 Å². The molecule has 2 unspecified atom stereocenters. The van der Waals surface area contributed by atoms with Gasteiger partial charge in [-0.15, -0.1) is 0 Å². The molecular weight excluding hydrogens is 216 g/mol. The number of carbonyl (C=O) groups excluding carboxylic acids is 1. The van der Waals surface area contributed by atoms with Gasteiger partial charge in [0.2, 0.25) is 0 Å². The smallest absolute Gasteiger partial charge is 0.317 e. The Labute approximate surface area is 102 Å². The predicted octanol–water partition coefficient (Wildman–Crippen LogP) is 2.58. The third-order valence-electron chi connectivity index (χ3n) is 3.40. The highest BCUT2D eigenvalue weighted by Gasteiger charge is 2.29. The van der Waals surface area contributed by atoms with Gasteiger partial charge in [0.05, 0.1) is 6.26 Å². The molecule has 4 nitrogen and oxygen atoms in total. The van der Waals surface area contributed by atoms with Gasteiger partial charge in [0.1, 0.15) is 5.76 Å². The Morgan fingerprint density at radius 3 is 3.18 bits per heavy atom. The zero-order chi connectivity index (χ0) is 12.3. The Balaban J connectivity index is 1.87. The Bertz CT molecular complexity index is 362. The molecule has 1 aromatic heterocycles. The molecule has 2 heterocycles. The van der Waals surface area contributed by atoms with Crippen molar-refractivity contribution in [2.75, 3.05) is 13.1 Å². The summed E-state index contributed by atoms with van der Waals surface area (Å²) in [6.07, 6.45) is 3.64. The lowest BCUT2D eigenvalue weighted by molar-refractivity contribution is 0.204. The van der Waals surface area contributed by atoms with Crippen LogP contribution in [0.3, 0.4) is 0 Å². The number of hydrogen-bond donors (Lipinski definition) is 1. The Morgan fingerprint density at radius 2 is 2.53 bits per heavy atom. The lowest BCUT2D eigenvalue weighted by Crippen LogP contribution is -2.42. The zero-order valence-corrected chi connectivity index (χ0v) is 10.5. The van der Waals surface area contributed by atoms with Gasteiger partial charge in [0, 0.05) is 25.0 Å². The van der Waals surface area contributed by atoms with Gasteiger partial charge < -0.3 is 14.6 Å². The van der Waals surface area contributed by atoms with E-state index in [0.717, 1.165) is 31.7 Å². The molecule has 0 saturated carbocycles. The minimum Gasteiger partial charge on any atom is -0.469 e. The fourth-order valence-corrected chi connectivity index (χ4v) is 2.10. The molecule has 2 amide bonds.